The second-order valence-corrected chi connectivity index (χ2v) is 3.95. The molecule has 0 aromatic carbocycles. The van der Waals surface area contributed by atoms with Crippen molar-refractivity contribution in [1.82, 2.24) is 19.9 Å². The maximum atomic E-state index is 11.5. The van der Waals surface area contributed by atoms with Gasteiger partial charge in [0.2, 0.25) is 0 Å². The second-order valence-electron chi connectivity index (χ2n) is 3.01. The number of rotatable bonds is 2. The van der Waals surface area contributed by atoms with Gasteiger partial charge in [-0.3, -0.25) is 4.57 Å². The molecule has 2 rings (SSSR count). The van der Waals surface area contributed by atoms with E-state index in [1.165, 1.54) is 22.2 Å². The third-order valence-electron chi connectivity index (χ3n) is 1.80. The first-order valence-electron chi connectivity index (χ1n) is 4.43. The van der Waals surface area contributed by atoms with E-state index in [9.17, 15) is 4.79 Å². The van der Waals surface area contributed by atoms with Gasteiger partial charge in [0.05, 0.1) is 6.54 Å². The summed E-state index contributed by atoms with van der Waals surface area (Å²) in [5.74, 6) is 0. The van der Waals surface area contributed by atoms with Crippen molar-refractivity contribution in [2.75, 3.05) is 0 Å². The van der Waals surface area contributed by atoms with Crippen LogP contribution >= 0.6 is 11.3 Å². The summed E-state index contributed by atoms with van der Waals surface area (Å²) in [5, 5.41) is 5.61. The molecule has 2 aromatic heterocycles. The predicted molar refractivity (Wildman–Crippen MR) is 56.7 cm³/mol. The van der Waals surface area contributed by atoms with Crippen molar-refractivity contribution in [3.05, 3.63) is 34.8 Å². The number of nitrogens with zero attached hydrogens (tertiary/aromatic N) is 3. The highest BCUT2D eigenvalue weighted by Gasteiger charge is 2.04. The van der Waals surface area contributed by atoms with Gasteiger partial charge in [0, 0.05) is 23.5 Å². The average Bonchev–Trinajstić information content (AvgIpc) is 2.84. The molecule has 0 spiro atoms. The van der Waals surface area contributed by atoms with Crippen molar-refractivity contribution in [3.8, 4) is 0 Å². The van der Waals surface area contributed by atoms with E-state index < -0.39 is 0 Å². The Morgan fingerprint density at radius 3 is 3.13 bits per heavy atom. The lowest BCUT2D eigenvalue weighted by molar-refractivity contribution is 0.242. The lowest BCUT2D eigenvalue weighted by Crippen LogP contribution is -2.26. The molecular formula is C9H10N4OS. The van der Waals surface area contributed by atoms with E-state index in [0.29, 0.717) is 6.54 Å². The average molecular weight is 222 g/mol. The van der Waals surface area contributed by atoms with Crippen LogP contribution in [0.4, 0.5) is 4.79 Å². The number of carbonyl (C=O) groups excluding carboxylic acids is 1. The Morgan fingerprint density at radius 1 is 1.67 bits per heavy atom. The molecule has 1 N–H and O–H groups in total. The van der Waals surface area contributed by atoms with Gasteiger partial charge in [0.1, 0.15) is 11.3 Å². The summed E-state index contributed by atoms with van der Waals surface area (Å²) >= 11 is 1.54. The van der Waals surface area contributed by atoms with Crippen LogP contribution in [0.2, 0.25) is 0 Å². The molecule has 0 saturated carbocycles. The summed E-state index contributed by atoms with van der Waals surface area (Å²) in [4.78, 5) is 19.5. The Labute approximate surface area is 90.8 Å². The monoisotopic (exact) mass is 222 g/mol. The number of hydrogen-bond donors (Lipinski definition) is 1. The van der Waals surface area contributed by atoms with E-state index in [2.05, 4.69) is 15.3 Å². The van der Waals surface area contributed by atoms with Crippen LogP contribution in [-0.2, 0) is 6.54 Å². The fraction of sp³-hybridized carbons (Fsp3) is 0.222. The summed E-state index contributed by atoms with van der Waals surface area (Å²) in [5.41, 5.74) is 0.979. The molecule has 0 saturated heterocycles. The van der Waals surface area contributed by atoms with Gasteiger partial charge in [0.15, 0.2) is 0 Å². The smallest absolute Gasteiger partial charge is 0.327 e. The van der Waals surface area contributed by atoms with E-state index in [4.69, 9.17) is 0 Å². The molecule has 2 heterocycles. The fourth-order valence-electron chi connectivity index (χ4n) is 1.11. The summed E-state index contributed by atoms with van der Waals surface area (Å²) in [6, 6.07) is -0.194. The maximum absolute atomic E-state index is 11.5. The predicted octanol–water partition coefficient (Wildman–Crippen LogP) is 1.41. The molecular weight excluding hydrogens is 212 g/mol. The van der Waals surface area contributed by atoms with Crippen molar-refractivity contribution in [3.63, 3.8) is 0 Å². The minimum atomic E-state index is -0.194. The van der Waals surface area contributed by atoms with E-state index in [1.54, 1.807) is 12.4 Å². The summed E-state index contributed by atoms with van der Waals surface area (Å²) in [6.45, 7) is 2.38. The Bertz CT molecular complexity index is 448. The van der Waals surface area contributed by atoms with Crippen LogP contribution in [0.25, 0.3) is 0 Å². The Balaban J connectivity index is 1.91. The summed E-state index contributed by atoms with van der Waals surface area (Å²) in [7, 11) is 0. The van der Waals surface area contributed by atoms with Crippen LogP contribution < -0.4 is 5.32 Å². The number of aryl methyl sites for hydroxylation is 1. The van der Waals surface area contributed by atoms with E-state index in [-0.39, 0.29) is 6.03 Å². The standard InChI is InChI=1S/C9H10N4OS/c1-7-5-15-8(12-7)4-11-9(14)13-3-2-10-6-13/h2-3,5-6H,4H2,1H3,(H,11,14). The number of carbonyl (C=O) groups is 1. The molecule has 1 amide bonds. The molecule has 15 heavy (non-hydrogen) atoms. The zero-order valence-corrected chi connectivity index (χ0v) is 8.99. The summed E-state index contributed by atoms with van der Waals surface area (Å²) < 4.78 is 1.39. The van der Waals surface area contributed by atoms with Crippen molar-refractivity contribution in [1.29, 1.82) is 0 Å². The van der Waals surface area contributed by atoms with Gasteiger partial charge in [0.25, 0.3) is 0 Å². The lowest BCUT2D eigenvalue weighted by Gasteiger charge is -2.01. The zero-order chi connectivity index (χ0) is 10.7. The van der Waals surface area contributed by atoms with Crippen molar-refractivity contribution in [2.24, 2.45) is 0 Å². The van der Waals surface area contributed by atoms with Gasteiger partial charge in [-0.25, -0.2) is 14.8 Å². The first-order chi connectivity index (χ1) is 7.25. The third-order valence-corrected chi connectivity index (χ3v) is 2.76. The molecule has 0 aliphatic heterocycles. The van der Waals surface area contributed by atoms with Gasteiger partial charge < -0.3 is 5.32 Å². The Morgan fingerprint density at radius 2 is 2.53 bits per heavy atom. The number of hydrogen-bond acceptors (Lipinski definition) is 4. The SMILES string of the molecule is Cc1csc(CNC(=O)n2ccnc2)n1. The lowest BCUT2D eigenvalue weighted by atomic mass is 10.6. The van der Waals surface area contributed by atoms with Gasteiger partial charge in [-0.1, -0.05) is 0 Å². The quantitative estimate of drug-likeness (QED) is 0.835. The largest absolute Gasteiger partial charge is 0.331 e. The second kappa shape index (κ2) is 4.22. The van der Waals surface area contributed by atoms with Crippen LogP contribution in [-0.4, -0.2) is 20.6 Å². The number of amides is 1. The number of aromatic nitrogens is 3. The molecule has 0 aliphatic rings. The van der Waals surface area contributed by atoms with Crippen molar-refractivity contribution >= 4 is 17.4 Å². The number of nitrogens with one attached hydrogen (secondary N) is 1. The van der Waals surface area contributed by atoms with E-state index in [0.717, 1.165) is 10.7 Å². The first-order valence-corrected chi connectivity index (χ1v) is 5.31. The molecule has 0 unspecified atom stereocenters. The van der Waals surface area contributed by atoms with Crippen LogP contribution in [0.15, 0.2) is 24.1 Å². The number of imidazole rings is 1. The number of thiazole rings is 1. The van der Waals surface area contributed by atoms with Gasteiger partial charge in [-0.2, -0.15) is 0 Å². The van der Waals surface area contributed by atoms with Crippen LogP contribution in [0, 0.1) is 6.92 Å². The fourth-order valence-corrected chi connectivity index (χ4v) is 1.82. The van der Waals surface area contributed by atoms with Gasteiger partial charge >= 0.3 is 6.03 Å². The molecule has 0 fully saturated rings. The highest BCUT2D eigenvalue weighted by Crippen LogP contribution is 2.07. The molecule has 0 bridgehead atoms. The van der Waals surface area contributed by atoms with Crippen molar-refractivity contribution < 1.29 is 4.79 Å². The van der Waals surface area contributed by atoms with Crippen molar-refractivity contribution in [2.45, 2.75) is 13.5 Å². The van der Waals surface area contributed by atoms with Crippen LogP contribution in [0.5, 0.6) is 0 Å². The molecule has 0 aliphatic carbocycles. The van der Waals surface area contributed by atoms with Gasteiger partial charge in [-0.15, -0.1) is 11.3 Å². The maximum Gasteiger partial charge on any atom is 0.327 e. The van der Waals surface area contributed by atoms with Crippen LogP contribution in [0.3, 0.4) is 0 Å². The minimum absolute atomic E-state index is 0.194. The molecule has 6 heteroatoms. The first kappa shape index (κ1) is 9.85. The Kier molecular flexibility index (Phi) is 2.77. The molecule has 78 valence electrons. The minimum Gasteiger partial charge on any atom is -0.331 e. The molecule has 0 atom stereocenters. The molecule has 2 aromatic rings. The highest BCUT2D eigenvalue weighted by molar-refractivity contribution is 7.09. The highest BCUT2D eigenvalue weighted by atomic mass is 32.1. The third kappa shape index (κ3) is 2.41. The van der Waals surface area contributed by atoms with E-state index in [1.807, 2.05) is 12.3 Å². The molecule has 5 nitrogen and oxygen atoms in total. The zero-order valence-electron chi connectivity index (χ0n) is 8.17. The van der Waals surface area contributed by atoms with Crippen LogP contribution in [0.1, 0.15) is 10.7 Å². The molecule has 0 radical (unpaired) electrons. The van der Waals surface area contributed by atoms with E-state index >= 15 is 0 Å². The van der Waals surface area contributed by atoms with Gasteiger partial charge in [-0.05, 0) is 6.92 Å². The summed E-state index contributed by atoms with van der Waals surface area (Å²) in [6.07, 6.45) is 4.62. The topological polar surface area (TPSA) is 59.8 Å². The normalized spacial score (nSPS) is 10.2. The Hall–Kier alpha value is -1.69.